The lowest BCUT2D eigenvalue weighted by molar-refractivity contribution is 0.241. The molecule has 0 saturated heterocycles. The minimum Gasteiger partial charge on any atom is -0.329 e. The molecule has 0 aliphatic carbocycles. The van der Waals surface area contributed by atoms with E-state index in [2.05, 4.69) is 20.8 Å². The molecule has 1 unspecified atom stereocenters. The quantitative estimate of drug-likeness (QED) is 0.845. The Labute approximate surface area is 137 Å². The Bertz CT molecular complexity index is 604. The Kier molecular flexibility index (Phi) is 5.76. The summed E-state index contributed by atoms with van der Waals surface area (Å²) in [5, 5.41) is 0.683. The first-order valence-electron chi connectivity index (χ1n) is 6.61. The van der Waals surface area contributed by atoms with Gasteiger partial charge in [-0.1, -0.05) is 45.7 Å². The van der Waals surface area contributed by atoms with E-state index in [1.807, 2.05) is 25.2 Å². The lowest BCUT2D eigenvalue weighted by Gasteiger charge is -2.28. The maximum atomic E-state index is 13.0. The predicted octanol–water partition coefficient (Wildman–Crippen LogP) is 4.37. The molecule has 112 valence electrons. The van der Waals surface area contributed by atoms with Crippen molar-refractivity contribution in [2.75, 3.05) is 13.6 Å². The Morgan fingerprint density at radius 1 is 1.24 bits per heavy atom. The first kappa shape index (κ1) is 16.4. The number of nitrogens with zero attached hydrogens (tertiary/aromatic N) is 1. The molecule has 0 aliphatic heterocycles. The molecule has 1 atom stereocenters. The summed E-state index contributed by atoms with van der Waals surface area (Å²) in [6.07, 6.45) is 0. The zero-order chi connectivity index (χ0) is 15.4. The Balaban J connectivity index is 2.18. The zero-order valence-electron chi connectivity index (χ0n) is 11.7. The summed E-state index contributed by atoms with van der Waals surface area (Å²) in [5.74, 6) is -0.225. The van der Waals surface area contributed by atoms with E-state index in [0.29, 0.717) is 18.1 Å². The zero-order valence-corrected chi connectivity index (χ0v) is 14.0. The summed E-state index contributed by atoms with van der Waals surface area (Å²) in [4.78, 5) is 2.14. The van der Waals surface area contributed by atoms with Gasteiger partial charge in [-0.25, -0.2) is 4.39 Å². The fourth-order valence-corrected chi connectivity index (χ4v) is 3.25. The van der Waals surface area contributed by atoms with Gasteiger partial charge in [-0.3, -0.25) is 4.90 Å². The highest BCUT2D eigenvalue weighted by molar-refractivity contribution is 9.10. The van der Waals surface area contributed by atoms with Crippen LogP contribution < -0.4 is 5.73 Å². The van der Waals surface area contributed by atoms with Crippen LogP contribution in [0.3, 0.4) is 0 Å². The third-order valence-electron chi connectivity index (χ3n) is 3.42. The molecule has 0 heterocycles. The van der Waals surface area contributed by atoms with Crippen molar-refractivity contribution < 1.29 is 4.39 Å². The molecule has 5 heteroatoms. The predicted molar refractivity (Wildman–Crippen MR) is 88.8 cm³/mol. The summed E-state index contributed by atoms with van der Waals surface area (Å²) in [7, 11) is 2.00. The summed E-state index contributed by atoms with van der Waals surface area (Å²) in [6, 6.07) is 12.3. The SMILES string of the molecule is CN(Cc1ccc(F)cc1)C(CN)c1ccc(Cl)cc1Br. The molecule has 0 aliphatic rings. The molecule has 2 aromatic rings. The molecular weight excluding hydrogens is 355 g/mol. The van der Waals surface area contributed by atoms with Crippen LogP contribution in [-0.4, -0.2) is 18.5 Å². The van der Waals surface area contributed by atoms with Gasteiger partial charge in [0.2, 0.25) is 0 Å². The van der Waals surface area contributed by atoms with Gasteiger partial charge in [0.1, 0.15) is 5.82 Å². The largest absolute Gasteiger partial charge is 0.329 e. The fourth-order valence-electron chi connectivity index (χ4n) is 2.30. The Morgan fingerprint density at radius 3 is 2.48 bits per heavy atom. The number of rotatable bonds is 5. The van der Waals surface area contributed by atoms with E-state index in [1.54, 1.807) is 12.1 Å². The average molecular weight is 372 g/mol. The number of hydrogen-bond acceptors (Lipinski definition) is 2. The standard InChI is InChI=1S/C16H17BrClFN2/c1-21(10-11-2-5-13(19)6-3-11)16(9-20)14-7-4-12(18)8-15(14)17/h2-8,16H,9-10,20H2,1H3. The van der Waals surface area contributed by atoms with Gasteiger partial charge in [-0.15, -0.1) is 0 Å². The van der Waals surface area contributed by atoms with Crippen LogP contribution in [0.15, 0.2) is 46.9 Å². The number of nitrogens with two attached hydrogens (primary N) is 1. The fraction of sp³-hybridized carbons (Fsp3) is 0.250. The maximum absolute atomic E-state index is 13.0. The van der Waals surface area contributed by atoms with Gasteiger partial charge in [0.05, 0.1) is 0 Å². The summed E-state index contributed by atoms with van der Waals surface area (Å²) >= 11 is 9.51. The van der Waals surface area contributed by atoms with Crippen LogP contribution in [0.25, 0.3) is 0 Å². The lowest BCUT2D eigenvalue weighted by atomic mass is 10.0. The van der Waals surface area contributed by atoms with Crippen LogP contribution in [0.2, 0.25) is 5.02 Å². The summed E-state index contributed by atoms with van der Waals surface area (Å²) in [5.41, 5.74) is 8.07. The van der Waals surface area contributed by atoms with Gasteiger partial charge in [0, 0.05) is 28.6 Å². The van der Waals surface area contributed by atoms with Crippen LogP contribution in [0, 0.1) is 5.82 Å². The van der Waals surface area contributed by atoms with Crippen molar-refractivity contribution in [1.82, 2.24) is 4.90 Å². The number of likely N-dealkylation sites (N-methyl/N-ethyl adjacent to an activating group) is 1. The van der Waals surface area contributed by atoms with Crippen LogP contribution in [-0.2, 0) is 6.54 Å². The van der Waals surface area contributed by atoms with Gasteiger partial charge in [0.25, 0.3) is 0 Å². The van der Waals surface area contributed by atoms with E-state index in [0.717, 1.165) is 15.6 Å². The smallest absolute Gasteiger partial charge is 0.123 e. The van der Waals surface area contributed by atoms with Crippen molar-refractivity contribution in [3.63, 3.8) is 0 Å². The second-order valence-corrected chi connectivity index (χ2v) is 6.25. The number of benzene rings is 2. The molecule has 21 heavy (non-hydrogen) atoms. The minimum absolute atomic E-state index is 0.0571. The van der Waals surface area contributed by atoms with Gasteiger partial charge in [-0.2, -0.15) is 0 Å². The molecular formula is C16H17BrClFN2. The highest BCUT2D eigenvalue weighted by Gasteiger charge is 2.18. The van der Waals surface area contributed by atoms with Crippen LogP contribution >= 0.6 is 27.5 Å². The number of halogens is 3. The molecule has 0 fully saturated rings. The second-order valence-electron chi connectivity index (χ2n) is 4.96. The molecule has 0 bridgehead atoms. The molecule has 0 amide bonds. The first-order valence-corrected chi connectivity index (χ1v) is 7.78. The lowest BCUT2D eigenvalue weighted by Crippen LogP contribution is -2.30. The molecule has 2 aromatic carbocycles. The Morgan fingerprint density at radius 2 is 1.90 bits per heavy atom. The van der Waals surface area contributed by atoms with Crippen molar-refractivity contribution in [3.05, 3.63) is 68.9 Å². The van der Waals surface area contributed by atoms with E-state index in [-0.39, 0.29) is 11.9 Å². The van der Waals surface area contributed by atoms with Crippen molar-refractivity contribution in [1.29, 1.82) is 0 Å². The van der Waals surface area contributed by atoms with E-state index in [9.17, 15) is 4.39 Å². The van der Waals surface area contributed by atoms with Crippen LogP contribution in [0.5, 0.6) is 0 Å². The molecule has 0 spiro atoms. The van der Waals surface area contributed by atoms with Crippen molar-refractivity contribution in [2.45, 2.75) is 12.6 Å². The number of hydrogen-bond donors (Lipinski definition) is 1. The summed E-state index contributed by atoms with van der Waals surface area (Å²) in [6.45, 7) is 1.18. The monoisotopic (exact) mass is 370 g/mol. The maximum Gasteiger partial charge on any atom is 0.123 e. The normalized spacial score (nSPS) is 12.7. The molecule has 2 nitrogen and oxygen atoms in total. The van der Waals surface area contributed by atoms with Gasteiger partial charge < -0.3 is 5.73 Å². The van der Waals surface area contributed by atoms with E-state index < -0.39 is 0 Å². The van der Waals surface area contributed by atoms with Gasteiger partial charge >= 0.3 is 0 Å². The molecule has 0 radical (unpaired) electrons. The first-order chi connectivity index (χ1) is 10.0. The van der Waals surface area contributed by atoms with Crippen LogP contribution in [0.4, 0.5) is 4.39 Å². The van der Waals surface area contributed by atoms with Crippen LogP contribution in [0.1, 0.15) is 17.2 Å². The van der Waals surface area contributed by atoms with Crippen molar-refractivity contribution in [3.8, 4) is 0 Å². The molecule has 2 N–H and O–H groups in total. The molecule has 2 rings (SSSR count). The van der Waals surface area contributed by atoms with Gasteiger partial charge in [-0.05, 0) is 42.4 Å². The van der Waals surface area contributed by atoms with E-state index in [1.165, 1.54) is 12.1 Å². The third kappa shape index (κ3) is 4.27. The van der Waals surface area contributed by atoms with E-state index in [4.69, 9.17) is 17.3 Å². The topological polar surface area (TPSA) is 29.3 Å². The summed E-state index contributed by atoms with van der Waals surface area (Å²) < 4.78 is 13.9. The minimum atomic E-state index is -0.225. The highest BCUT2D eigenvalue weighted by atomic mass is 79.9. The van der Waals surface area contributed by atoms with E-state index >= 15 is 0 Å². The van der Waals surface area contributed by atoms with Crippen molar-refractivity contribution >= 4 is 27.5 Å². The molecule has 0 aromatic heterocycles. The average Bonchev–Trinajstić information content (AvgIpc) is 2.44. The van der Waals surface area contributed by atoms with Gasteiger partial charge in [0.15, 0.2) is 0 Å². The second kappa shape index (κ2) is 7.36. The molecule has 0 saturated carbocycles. The Hall–Kier alpha value is -0.940. The van der Waals surface area contributed by atoms with Crippen molar-refractivity contribution in [2.24, 2.45) is 5.73 Å². The third-order valence-corrected chi connectivity index (χ3v) is 4.34. The highest BCUT2D eigenvalue weighted by Crippen LogP contribution is 2.29.